The summed E-state index contributed by atoms with van der Waals surface area (Å²) in [6, 6.07) is 11.0. The van der Waals surface area contributed by atoms with E-state index in [4.69, 9.17) is 10.2 Å². The number of anilines is 2. The summed E-state index contributed by atoms with van der Waals surface area (Å²) in [7, 11) is 0. The van der Waals surface area contributed by atoms with E-state index in [0.29, 0.717) is 18.3 Å². The number of carbonyl (C=O) groups excluding carboxylic acids is 1. The van der Waals surface area contributed by atoms with Crippen LogP contribution >= 0.6 is 0 Å². The first-order valence-electron chi connectivity index (χ1n) is 8.31. The lowest BCUT2D eigenvalue weighted by Gasteiger charge is -2.24. The zero-order valence-electron chi connectivity index (χ0n) is 13.7. The molecule has 1 aromatic carbocycles. The molecular weight excluding hydrogens is 318 g/mol. The van der Waals surface area contributed by atoms with Gasteiger partial charge in [-0.05, 0) is 37.1 Å². The monoisotopic (exact) mass is 337 g/mol. The normalized spacial score (nSPS) is 17.1. The summed E-state index contributed by atoms with van der Waals surface area (Å²) in [6.07, 6.45) is 3.27. The fraction of sp³-hybridized carbons (Fsp3) is 0.278. The number of benzene rings is 1. The second-order valence-electron chi connectivity index (χ2n) is 6.07. The molecule has 1 aliphatic rings. The van der Waals surface area contributed by atoms with Crippen molar-refractivity contribution in [2.75, 3.05) is 17.2 Å². The van der Waals surface area contributed by atoms with Crippen molar-refractivity contribution >= 4 is 28.6 Å². The highest BCUT2D eigenvalue weighted by Gasteiger charge is 2.32. The molecule has 0 bridgehead atoms. The second kappa shape index (κ2) is 6.43. The Hall–Kier alpha value is -3.09. The van der Waals surface area contributed by atoms with Gasteiger partial charge in [-0.1, -0.05) is 12.1 Å². The molecule has 3 aromatic rings. The molecule has 1 fully saturated rings. The summed E-state index contributed by atoms with van der Waals surface area (Å²) < 4.78 is 5.25. The molecule has 3 N–H and O–H groups in total. The van der Waals surface area contributed by atoms with E-state index < -0.39 is 0 Å². The first-order chi connectivity index (χ1) is 12.2. The number of nitrogens with one attached hydrogen (secondary N) is 1. The third kappa shape index (κ3) is 3.00. The maximum Gasteiger partial charge on any atom is 0.243 e. The van der Waals surface area contributed by atoms with Gasteiger partial charge in [0.05, 0.1) is 18.3 Å². The topological polar surface area (TPSA) is 97.3 Å². The van der Waals surface area contributed by atoms with E-state index in [-0.39, 0.29) is 11.9 Å². The van der Waals surface area contributed by atoms with Gasteiger partial charge in [0.25, 0.3) is 0 Å². The number of hydrogen-bond donors (Lipinski definition) is 2. The number of furan rings is 1. The molecule has 1 amide bonds. The molecule has 2 aromatic heterocycles. The number of para-hydroxylation sites is 1. The highest BCUT2D eigenvalue weighted by atomic mass is 16.3. The highest BCUT2D eigenvalue weighted by Crippen LogP contribution is 2.26. The Bertz CT molecular complexity index is 894. The summed E-state index contributed by atoms with van der Waals surface area (Å²) in [5.41, 5.74) is 6.86. The van der Waals surface area contributed by atoms with Gasteiger partial charge >= 0.3 is 0 Å². The number of hydrogen-bond acceptors (Lipinski definition) is 6. The lowest BCUT2D eigenvalue weighted by molar-refractivity contribution is -0.122. The van der Waals surface area contributed by atoms with E-state index in [1.165, 1.54) is 0 Å². The quantitative estimate of drug-likeness (QED) is 0.756. The number of nitrogen functional groups attached to an aromatic ring is 1. The zero-order valence-corrected chi connectivity index (χ0v) is 13.7. The van der Waals surface area contributed by atoms with Gasteiger partial charge in [-0.15, -0.1) is 0 Å². The molecule has 0 radical (unpaired) electrons. The molecule has 3 heterocycles. The largest absolute Gasteiger partial charge is 0.467 e. The molecule has 1 saturated heterocycles. The smallest absolute Gasteiger partial charge is 0.243 e. The molecule has 25 heavy (non-hydrogen) atoms. The Kier molecular flexibility index (Phi) is 3.97. The number of amides is 1. The molecule has 0 unspecified atom stereocenters. The zero-order chi connectivity index (χ0) is 17.2. The van der Waals surface area contributed by atoms with Crippen molar-refractivity contribution in [1.29, 1.82) is 0 Å². The average Bonchev–Trinajstić information content (AvgIpc) is 3.31. The summed E-state index contributed by atoms with van der Waals surface area (Å²) >= 11 is 0. The van der Waals surface area contributed by atoms with Crippen LogP contribution in [0.4, 0.5) is 11.8 Å². The first kappa shape index (κ1) is 15.4. The van der Waals surface area contributed by atoms with Crippen molar-refractivity contribution < 1.29 is 9.21 Å². The molecule has 0 aliphatic carbocycles. The predicted octanol–water partition coefficient (Wildman–Crippen LogP) is 2.09. The van der Waals surface area contributed by atoms with E-state index >= 15 is 0 Å². The van der Waals surface area contributed by atoms with Crippen LogP contribution in [0.15, 0.2) is 47.1 Å². The Labute approximate surface area is 144 Å². The Morgan fingerprint density at radius 2 is 2.16 bits per heavy atom. The third-order valence-corrected chi connectivity index (χ3v) is 4.45. The van der Waals surface area contributed by atoms with Crippen LogP contribution in [-0.4, -0.2) is 28.5 Å². The minimum atomic E-state index is -0.296. The molecule has 7 heteroatoms. The van der Waals surface area contributed by atoms with Crippen molar-refractivity contribution in [1.82, 2.24) is 15.3 Å². The van der Waals surface area contributed by atoms with E-state index in [9.17, 15) is 4.79 Å². The Balaban J connectivity index is 1.55. The third-order valence-electron chi connectivity index (χ3n) is 4.45. The Morgan fingerprint density at radius 3 is 3.00 bits per heavy atom. The number of fused-ring (bicyclic) bond motifs is 1. The fourth-order valence-corrected chi connectivity index (χ4v) is 3.20. The van der Waals surface area contributed by atoms with Gasteiger partial charge in [-0.3, -0.25) is 4.79 Å². The van der Waals surface area contributed by atoms with Crippen LogP contribution in [0.1, 0.15) is 18.6 Å². The van der Waals surface area contributed by atoms with Gasteiger partial charge in [0.15, 0.2) is 0 Å². The minimum absolute atomic E-state index is 0.0516. The van der Waals surface area contributed by atoms with E-state index in [2.05, 4.69) is 15.3 Å². The molecular formula is C18H19N5O2. The molecule has 7 nitrogen and oxygen atoms in total. The van der Waals surface area contributed by atoms with Crippen molar-refractivity contribution in [2.24, 2.45) is 0 Å². The van der Waals surface area contributed by atoms with Crippen LogP contribution in [0, 0.1) is 0 Å². The van der Waals surface area contributed by atoms with E-state index in [0.717, 1.165) is 36.0 Å². The lowest BCUT2D eigenvalue weighted by Crippen LogP contribution is -2.43. The number of rotatable bonds is 4. The van der Waals surface area contributed by atoms with Crippen LogP contribution in [0.3, 0.4) is 0 Å². The molecule has 128 valence electrons. The van der Waals surface area contributed by atoms with Crippen LogP contribution in [0.5, 0.6) is 0 Å². The number of carbonyl (C=O) groups is 1. The Morgan fingerprint density at radius 1 is 1.28 bits per heavy atom. The van der Waals surface area contributed by atoms with Gasteiger partial charge in [0, 0.05) is 11.9 Å². The van der Waals surface area contributed by atoms with Crippen LogP contribution in [0.2, 0.25) is 0 Å². The molecule has 1 atom stereocenters. The number of nitrogens with two attached hydrogens (primary N) is 1. The SMILES string of the molecule is Nc1nc(N2CCC[C@H]2C(=O)NCc2ccco2)nc2ccccc12. The van der Waals surface area contributed by atoms with Gasteiger partial charge < -0.3 is 20.4 Å². The van der Waals surface area contributed by atoms with Crippen LogP contribution in [0.25, 0.3) is 10.9 Å². The molecule has 4 rings (SSSR count). The van der Waals surface area contributed by atoms with E-state index in [1.54, 1.807) is 12.3 Å². The minimum Gasteiger partial charge on any atom is -0.467 e. The predicted molar refractivity (Wildman–Crippen MR) is 94.9 cm³/mol. The fourth-order valence-electron chi connectivity index (χ4n) is 3.20. The maximum absolute atomic E-state index is 12.6. The van der Waals surface area contributed by atoms with Gasteiger partial charge in [0.1, 0.15) is 17.6 Å². The highest BCUT2D eigenvalue weighted by molar-refractivity contribution is 5.90. The van der Waals surface area contributed by atoms with Crippen molar-refractivity contribution in [3.8, 4) is 0 Å². The van der Waals surface area contributed by atoms with Crippen LogP contribution in [-0.2, 0) is 11.3 Å². The van der Waals surface area contributed by atoms with Crippen LogP contribution < -0.4 is 16.0 Å². The molecule has 1 aliphatic heterocycles. The summed E-state index contributed by atoms with van der Waals surface area (Å²) in [6.45, 7) is 1.10. The summed E-state index contributed by atoms with van der Waals surface area (Å²) in [5.74, 6) is 1.61. The second-order valence-corrected chi connectivity index (χ2v) is 6.07. The van der Waals surface area contributed by atoms with Crippen molar-refractivity contribution in [2.45, 2.75) is 25.4 Å². The first-order valence-corrected chi connectivity index (χ1v) is 8.31. The standard InChI is InChI=1S/C18H19N5O2/c19-16-13-6-1-2-7-14(13)21-18(22-16)23-9-3-8-15(23)17(24)20-11-12-5-4-10-25-12/h1-2,4-7,10,15H,3,8-9,11H2,(H,20,24)(H2,19,21,22)/t15-/m0/s1. The maximum atomic E-state index is 12.6. The number of aromatic nitrogens is 2. The van der Waals surface area contributed by atoms with Gasteiger partial charge in [-0.25, -0.2) is 4.98 Å². The molecule has 0 saturated carbocycles. The van der Waals surface area contributed by atoms with E-state index in [1.807, 2.05) is 35.2 Å². The number of nitrogens with zero attached hydrogens (tertiary/aromatic N) is 3. The lowest BCUT2D eigenvalue weighted by atomic mass is 10.2. The summed E-state index contributed by atoms with van der Waals surface area (Å²) in [4.78, 5) is 23.5. The average molecular weight is 337 g/mol. The van der Waals surface area contributed by atoms with Gasteiger partial charge in [-0.2, -0.15) is 4.98 Å². The van der Waals surface area contributed by atoms with Gasteiger partial charge in [0.2, 0.25) is 11.9 Å². The van der Waals surface area contributed by atoms with Crippen molar-refractivity contribution in [3.63, 3.8) is 0 Å². The molecule has 0 spiro atoms. The summed E-state index contributed by atoms with van der Waals surface area (Å²) in [5, 5.41) is 3.74. The van der Waals surface area contributed by atoms with Crippen molar-refractivity contribution in [3.05, 3.63) is 48.4 Å².